The van der Waals surface area contributed by atoms with Gasteiger partial charge >= 0.3 is 0 Å². The van der Waals surface area contributed by atoms with E-state index in [4.69, 9.17) is 14.9 Å². The van der Waals surface area contributed by atoms with Gasteiger partial charge in [0.15, 0.2) is 14.9 Å². The Labute approximate surface area is 165 Å². The first-order valence-electron chi connectivity index (χ1n) is 9.69. The number of hydrogen-bond donors (Lipinski definition) is 3. The highest BCUT2D eigenvalue weighted by molar-refractivity contribution is 7.90. The molecular weight excluding hydrogens is 376 g/mol. The highest BCUT2D eigenvalue weighted by Crippen LogP contribution is 2.37. The van der Waals surface area contributed by atoms with Crippen LogP contribution in [0.5, 0.6) is 0 Å². The van der Waals surface area contributed by atoms with E-state index in [0.29, 0.717) is 11.3 Å². The number of aromatic nitrogens is 3. The van der Waals surface area contributed by atoms with Gasteiger partial charge in [0.05, 0.1) is 5.69 Å². The first-order chi connectivity index (χ1) is 13.2. The van der Waals surface area contributed by atoms with Crippen LogP contribution >= 0.6 is 0 Å². The molecule has 4 rings (SSSR count). The van der Waals surface area contributed by atoms with Gasteiger partial charge in [-0.3, -0.25) is 14.5 Å². The Morgan fingerprint density at radius 3 is 2.25 bits per heavy atom. The van der Waals surface area contributed by atoms with Crippen molar-refractivity contribution in [3.05, 3.63) is 33.8 Å². The van der Waals surface area contributed by atoms with Crippen LogP contribution in [0.4, 0.5) is 5.69 Å². The summed E-state index contributed by atoms with van der Waals surface area (Å²) in [4.78, 5) is 18.1. The Hall–Kier alpha value is -2.26. The fourth-order valence-corrected chi connectivity index (χ4v) is 5.10. The van der Waals surface area contributed by atoms with Crippen LogP contribution in [0, 0.1) is 11.7 Å². The molecule has 0 aromatic carbocycles. The molecule has 0 bridgehead atoms. The molecule has 2 aliphatic rings. The van der Waals surface area contributed by atoms with Gasteiger partial charge in [-0.25, -0.2) is 14.1 Å². The molecule has 0 radical (unpaired) electrons. The summed E-state index contributed by atoms with van der Waals surface area (Å²) in [5.74, 6) is -0.303. The molecule has 1 amide bonds. The van der Waals surface area contributed by atoms with Crippen molar-refractivity contribution >= 4 is 21.5 Å². The summed E-state index contributed by atoms with van der Waals surface area (Å²) in [7, 11) is -3.52. The molecule has 2 heterocycles. The van der Waals surface area contributed by atoms with Crippen molar-refractivity contribution in [1.29, 1.82) is 4.78 Å². The van der Waals surface area contributed by atoms with E-state index in [0.717, 1.165) is 66.7 Å². The number of rotatable bonds is 4. The van der Waals surface area contributed by atoms with Crippen molar-refractivity contribution in [3.63, 3.8) is 0 Å². The lowest BCUT2D eigenvalue weighted by Crippen LogP contribution is -2.21. The van der Waals surface area contributed by atoms with Gasteiger partial charge in [-0.05, 0) is 70.4 Å². The smallest absolute Gasteiger partial charge is 0.274 e. The number of carbonyl (C=O) groups excluding carboxylic acids is 1. The van der Waals surface area contributed by atoms with E-state index in [1.54, 1.807) is 6.92 Å². The van der Waals surface area contributed by atoms with Crippen LogP contribution in [0.2, 0.25) is 0 Å². The zero-order valence-electron chi connectivity index (χ0n) is 16.5. The maximum absolute atomic E-state index is 13.3. The second kappa shape index (κ2) is 6.66. The second-order valence-corrected chi connectivity index (χ2v) is 9.50. The minimum Gasteiger partial charge on any atom is -0.320 e. The lowest BCUT2D eigenvalue weighted by atomic mass is 10.1. The summed E-state index contributed by atoms with van der Waals surface area (Å²) in [6, 6.07) is -0.135. The fraction of sp³-hybridized carbons (Fsp3) is 0.526. The average molecular weight is 403 g/mol. The quantitative estimate of drug-likeness (QED) is 0.726. The molecule has 1 atom stereocenters. The number of aryl methyl sites for hydroxylation is 2. The minimum atomic E-state index is -3.52. The summed E-state index contributed by atoms with van der Waals surface area (Å²) in [6.45, 7) is 5.42. The molecule has 28 heavy (non-hydrogen) atoms. The van der Waals surface area contributed by atoms with Crippen LogP contribution in [-0.2, 0) is 35.6 Å². The molecule has 0 saturated carbocycles. The minimum absolute atomic E-state index is 0.0310. The molecule has 4 N–H and O–H groups in total. The van der Waals surface area contributed by atoms with Crippen LogP contribution in [0.15, 0.2) is 5.03 Å². The molecule has 0 aliphatic heterocycles. The zero-order valence-corrected chi connectivity index (χ0v) is 17.3. The molecule has 8 nitrogen and oxygen atoms in total. The number of fused-ring (bicyclic) bond motifs is 2. The SMILES string of the molecule is Cc1c(S(=N)(N)=O)nn(C(C)C)c1C(=O)Nc1c2c(nc3c1CCC3)CCC2. The highest BCUT2D eigenvalue weighted by Gasteiger charge is 2.30. The molecule has 1 unspecified atom stereocenters. The predicted molar refractivity (Wildman–Crippen MR) is 107 cm³/mol. The predicted octanol–water partition coefficient (Wildman–Crippen LogP) is 2.68. The number of pyridine rings is 1. The van der Waals surface area contributed by atoms with E-state index in [2.05, 4.69) is 10.4 Å². The number of nitrogens with two attached hydrogens (primary N) is 1. The number of anilines is 1. The fourth-order valence-electron chi connectivity index (χ4n) is 4.34. The molecule has 150 valence electrons. The number of carbonyl (C=O) groups is 1. The van der Waals surface area contributed by atoms with Crippen molar-refractivity contribution in [1.82, 2.24) is 14.8 Å². The third-order valence-electron chi connectivity index (χ3n) is 5.58. The van der Waals surface area contributed by atoms with Gasteiger partial charge in [0.25, 0.3) is 5.91 Å². The Bertz CT molecular complexity index is 1050. The molecule has 0 spiro atoms. The summed E-state index contributed by atoms with van der Waals surface area (Å²) in [6.07, 6.45) is 5.84. The lowest BCUT2D eigenvalue weighted by molar-refractivity contribution is 0.101. The van der Waals surface area contributed by atoms with Crippen LogP contribution in [0.1, 0.15) is 71.3 Å². The third-order valence-corrected chi connectivity index (χ3v) is 6.55. The average Bonchev–Trinajstić information content (AvgIpc) is 3.30. The van der Waals surface area contributed by atoms with E-state index in [1.165, 1.54) is 4.68 Å². The molecule has 9 heteroatoms. The molecule has 0 saturated heterocycles. The third kappa shape index (κ3) is 3.02. The molecule has 2 aromatic rings. The van der Waals surface area contributed by atoms with Gasteiger partial charge in [0.1, 0.15) is 5.69 Å². The van der Waals surface area contributed by atoms with Gasteiger partial charge in [0.2, 0.25) is 0 Å². The van der Waals surface area contributed by atoms with E-state index >= 15 is 0 Å². The highest BCUT2D eigenvalue weighted by atomic mass is 32.2. The molecule has 2 aliphatic carbocycles. The zero-order chi connectivity index (χ0) is 20.2. The summed E-state index contributed by atoms with van der Waals surface area (Å²) in [5, 5.41) is 12.9. The van der Waals surface area contributed by atoms with E-state index in [1.807, 2.05) is 13.8 Å². The lowest BCUT2D eigenvalue weighted by Gasteiger charge is -2.17. The molecular formula is C19H26N6O2S. The first-order valence-corrected chi connectivity index (χ1v) is 11.3. The van der Waals surface area contributed by atoms with E-state index in [9.17, 15) is 9.00 Å². The Morgan fingerprint density at radius 2 is 1.75 bits per heavy atom. The van der Waals surface area contributed by atoms with Crippen LogP contribution in [0.3, 0.4) is 0 Å². The summed E-state index contributed by atoms with van der Waals surface area (Å²) < 4.78 is 21.3. The normalized spacial score (nSPS) is 17.5. The second-order valence-electron chi connectivity index (χ2n) is 7.92. The van der Waals surface area contributed by atoms with E-state index < -0.39 is 9.92 Å². The van der Waals surface area contributed by atoms with Crippen molar-refractivity contribution in [2.24, 2.45) is 5.14 Å². The van der Waals surface area contributed by atoms with Crippen molar-refractivity contribution in [2.75, 3.05) is 5.32 Å². The Morgan fingerprint density at radius 1 is 1.18 bits per heavy atom. The monoisotopic (exact) mass is 402 g/mol. The Kier molecular flexibility index (Phi) is 4.54. The topological polar surface area (TPSA) is 127 Å². The van der Waals surface area contributed by atoms with E-state index in [-0.39, 0.29) is 17.0 Å². The standard InChI is InChI=1S/C19H26N6O2S/c1-10(2)25-17(11(3)19(24-25)28(20,21)27)18(26)23-16-12-6-4-8-14(12)22-15-9-5-7-13(15)16/h10H,4-9H2,1-3H3,(H3,20,21,27)(H,22,23,26). The number of nitrogens with one attached hydrogen (secondary N) is 2. The molecule has 0 fully saturated rings. The van der Waals surface area contributed by atoms with Crippen molar-refractivity contribution < 1.29 is 9.00 Å². The van der Waals surface area contributed by atoms with Crippen LogP contribution in [-0.4, -0.2) is 24.9 Å². The van der Waals surface area contributed by atoms with Gasteiger partial charge in [-0.15, -0.1) is 0 Å². The van der Waals surface area contributed by atoms with Gasteiger partial charge in [-0.2, -0.15) is 5.10 Å². The van der Waals surface area contributed by atoms with Crippen LogP contribution < -0.4 is 10.5 Å². The summed E-state index contributed by atoms with van der Waals surface area (Å²) in [5.41, 5.74) is 6.10. The van der Waals surface area contributed by atoms with Crippen molar-refractivity contribution in [2.45, 2.75) is 70.4 Å². The number of amides is 1. The number of hydrogen-bond acceptors (Lipinski definition) is 5. The van der Waals surface area contributed by atoms with Crippen LogP contribution in [0.25, 0.3) is 0 Å². The Balaban J connectivity index is 1.80. The van der Waals surface area contributed by atoms with Gasteiger partial charge in [-0.1, -0.05) is 0 Å². The maximum Gasteiger partial charge on any atom is 0.274 e. The maximum atomic E-state index is 13.3. The number of nitrogens with zero attached hydrogens (tertiary/aromatic N) is 3. The summed E-state index contributed by atoms with van der Waals surface area (Å²) >= 11 is 0. The first kappa shape index (κ1) is 19.1. The largest absolute Gasteiger partial charge is 0.320 e. The van der Waals surface area contributed by atoms with Crippen molar-refractivity contribution in [3.8, 4) is 0 Å². The van der Waals surface area contributed by atoms with Gasteiger partial charge in [0, 0.05) is 23.0 Å². The van der Waals surface area contributed by atoms with Gasteiger partial charge < -0.3 is 5.32 Å². The molecule has 2 aromatic heterocycles.